The Kier molecular flexibility index (Phi) is 6.88. The van der Waals surface area contributed by atoms with E-state index in [-0.39, 0.29) is 19.4 Å². The normalized spacial score (nSPS) is 17.4. The number of aliphatic carboxylic acids is 1. The van der Waals surface area contributed by atoms with Gasteiger partial charge in [-0.15, -0.1) is 0 Å². The van der Waals surface area contributed by atoms with Crippen molar-refractivity contribution < 1.29 is 28.9 Å². The van der Waals surface area contributed by atoms with Gasteiger partial charge in [0, 0.05) is 5.56 Å². The molecule has 1 heterocycles. The Morgan fingerprint density at radius 3 is 2.45 bits per heavy atom. The summed E-state index contributed by atoms with van der Waals surface area (Å²) in [5.74, 6) is 0.189. The highest BCUT2D eigenvalue weighted by Crippen LogP contribution is 2.44. The van der Waals surface area contributed by atoms with Gasteiger partial charge in [-0.05, 0) is 62.8 Å². The maximum atomic E-state index is 11.8. The van der Waals surface area contributed by atoms with Gasteiger partial charge in [-0.3, -0.25) is 9.59 Å². The molecule has 0 radical (unpaired) electrons. The minimum absolute atomic E-state index is 0.0920. The van der Waals surface area contributed by atoms with Crippen LogP contribution in [0.2, 0.25) is 0 Å². The molecule has 1 aliphatic rings. The van der Waals surface area contributed by atoms with E-state index in [0.717, 1.165) is 45.7 Å². The Labute approximate surface area is 183 Å². The lowest BCUT2D eigenvalue weighted by Gasteiger charge is -2.37. The molecule has 3 rings (SSSR count). The molecule has 6 nitrogen and oxygen atoms in total. The molecule has 6 heteroatoms. The molecule has 0 aliphatic carbocycles. The number of esters is 1. The Morgan fingerprint density at radius 2 is 1.77 bits per heavy atom. The summed E-state index contributed by atoms with van der Waals surface area (Å²) < 4.78 is 17.9. The summed E-state index contributed by atoms with van der Waals surface area (Å²) in [4.78, 5) is 22.5. The number of hydrogen-bond acceptors (Lipinski definition) is 5. The minimum atomic E-state index is -1.02. The average molecular weight is 427 g/mol. The molecule has 31 heavy (non-hydrogen) atoms. The first-order valence-corrected chi connectivity index (χ1v) is 10.6. The number of carbonyl (C=O) groups is 2. The van der Waals surface area contributed by atoms with Crippen LogP contribution in [-0.2, 0) is 27.4 Å². The van der Waals surface area contributed by atoms with Crippen LogP contribution in [0.5, 0.6) is 11.5 Å². The second-order valence-electron chi connectivity index (χ2n) is 8.39. The highest BCUT2D eigenvalue weighted by molar-refractivity contribution is 5.76. The van der Waals surface area contributed by atoms with E-state index < -0.39 is 17.5 Å². The van der Waals surface area contributed by atoms with Crippen LogP contribution in [-0.4, -0.2) is 29.3 Å². The van der Waals surface area contributed by atoms with E-state index in [2.05, 4.69) is 6.92 Å². The van der Waals surface area contributed by atoms with Crippen molar-refractivity contribution in [1.29, 1.82) is 0 Å². The maximum Gasteiger partial charge on any atom is 0.306 e. The molecule has 0 bridgehead atoms. The van der Waals surface area contributed by atoms with Gasteiger partial charge >= 0.3 is 11.9 Å². The number of hydrogen-bond donors (Lipinski definition) is 1. The predicted molar refractivity (Wildman–Crippen MR) is 117 cm³/mol. The fraction of sp³-hybridized carbons (Fsp3) is 0.440. The van der Waals surface area contributed by atoms with Crippen LogP contribution < -0.4 is 9.47 Å². The first-order chi connectivity index (χ1) is 14.7. The largest absolute Gasteiger partial charge is 0.488 e. The van der Waals surface area contributed by atoms with Gasteiger partial charge in [-0.2, -0.15) is 0 Å². The van der Waals surface area contributed by atoms with E-state index >= 15 is 0 Å². The van der Waals surface area contributed by atoms with Gasteiger partial charge in [0.2, 0.25) is 0 Å². The summed E-state index contributed by atoms with van der Waals surface area (Å²) in [6, 6.07) is 10.1. The molecular formula is C25H30O6. The van der Waals surface area contributed by atoms with Crippen molar-refractivity contribution in [3.8, 4) is 11.5 Å². The van der Waals surface area contributed by atoms with Gasteiger partial charge < -0.3 is 19.3 Å². The fourth-order valence-corrected chi connectivity index (χ4v) is 3.84. The first kappa shape index (κ1) is 22.7. The number of fused-ring (bicyclic) bond motifs is 1. The van der Waals surface area contributed by atoms with Crippen LogP contribution >= 0.6 is 0 Å². The zero-order valence-corrected chi connectivity index (χ0v) is 18.6. The summed E-state index contributed by atoms with van der Waals surface area (Å²) in [7, 11) is 0. The molecule has 1 atom stereocenters. The third-order valence-corrected chi connectivity index (χ3v) is 5.87. The van der Waals surface area contributed by atoms with Gasteiger partial charge in [0.1, 0.15) is 30.3 Å². The first-order valence-electron chi connectivity index (χ1n) is 10.6. The van der Waals surface area contributed by atoms with Crippen molar-refractivity contribution in [2.45, 2.75) is 65.6 Å². The molecule has 0 amide bonds. The van der Waals surface area contributed by atoms with Gasteiger partial charge in [0.15, 0.2) is 0 Å². The molecule has 166 valence electrons. The van der Waals surface area contributed by atoms with Crippen molar-refractivity contribution in [3.63, 3.8) is 0 Å². The lowest BCUT2D eigenvalue weighted by Crippen LogP contribution is -2.42. The van der Waals surface area contributed by atoms with E-state index in [9.17, 15) is 9.59 Å². The topological polar surface area (TPSA) is 82.1 Å². The van der Waals surface area contributed by atoms with Crippen molar-refractivity contribution in [3.05, 3.63) is 58.1 Å². The molecule has 2 aromatic rings. The van der Waals surface area contributed by atoms with E-state index in [1.165, 1.54) is 0 Å². The van der Waals surface area contributed by atoms with E-state index in [1.807, 2.05) is 51.1 Å². The van der Waals surface area contributed by atoms with E-state index in [4.69, 9.17) is 19.3 Å². The zero-order valence-electron chi connectivity index (χ0n) is 18.6. The highest BCUT2D eigenvalue weighted by atomic mass is 16.6. The van der Waals surface area contributed by atoms with Crippen LogP contribution in [0, 0.1) is 20.8 Å². The molecule has 0 saturated carbocycles. The molecule has 2 aromatic carbocycles. The Hall–Kier alpha value is -3.02. The van der Waals surface area contributed by atoms with Gasteiger partial charge in [0.25, 0.3) is 0 Å². The average Bonchev–Trinajstić information content (AvgIpc) is 2.75. The summed E-state index contributed by atoms with van der Waals surface area (Å²) in [6.07, 6.45) is 1.10. The SMILES string of the molecule is Cc1c(C)c2c(c(C)c1OCc1ccccc1)CCC(C)(COC(=O)CCC(=O)O)O2. The van der Waals surface area contributed by atoms with Gasteiger partial charge in [-0.1, -0.05) is 30.3 Å². The predicted octanol–water partition coefficient (Wildman–Crippen LogP) is 4.68. The van der Waals surface area contributed by atoms with Crippen molar-refractivity contribution in [1.82, 2.24) is 0 Å². The quantitative estimate of drug-likeness (QED) is 0.617. The van der Waals surface area contributed by atoms with Crippen molar-refractivity contribution in [2.75, 3.05) is 6.61 Å². The van der Waals surface area contributed by atoms with Crippen LogP contribution in [0.1, 0.15) is 54.0 Å². The van der Waals surface area contributed by atoms with Crippen LogP contribution in [0.15, 0.2) is 30.3 Å². The van der Waals surface area contributed by atoms with Gasteiger partial charge in [0.05, 0.1) is 12.8 Å². The third-order valence-electron chi connectivity index (χ3n) is 5.87. The number of ether oxygens (including phenoxy) is 3. The van der Waals surface area contributed by atoms with E-state index in [0.29, 0.717) is 13.0 Å². The fourth-order valence-electron chi connectivity index (χ4n) is 3.84. The molecule has 1 N–H and O–H groups in total. The molecule has 0 fully saturated rings. The monoisotopic (exact) mass is 426 g/mol. The van der Waals surface area contributed by atoms with E-state index in [1.54, 1.807) is 0 Å². The molecule has 1 aliphatic heterocycles. The Bertz CT molecular complexity index is 966. The molecular weight excluding hydrogens is 396 g/mol. The second kappa shape index (κ2) is 9.41. The number of carbonyl (C=O) groups excluding carboxylic acids is 1. The molecule has 1 unspecified atom stereocenters. The summed E-state index contributed by atoms with van der Waals surface area (Å²) >= 11 is 0. The lowest BCUT2D eigenvalue weighted by molar-refractivity contribution is -0.152. The number of benzene rings is 2. The summed E-state index contributed by atoms with van der Waals surface area (Å²) in [6.45, 7) is 8.63. The standard InChI is InChI=1S/C25H30O6/c1-16-17(2)24-20(18(3)23(16)29-14-19-8-6-5-7-9-19)12-13-25(4,31-24)15-30-22(28)11-10-21(26)27/h5-9H,10-15H2,1-4H3,(H,26,27). The van der Waals surface area contributed by atoms with Gasteiger partial charge in [-0.25, -0.2) is 0 Å². The number of carboxylic acid groups (broad SMARTS) is 1. The Balaban J connectivity index is 1.74. The molecule has 0 spiro atoms. The van der Waals surface area contributed by atoms with Crippen LogP contribution in [0.25, 0.3) is 0 Å². The van der Waals surface area contributed by atoms with Crippen molar-refractivity contribution >= 4 is 11.9 Å². The zero-order chi connectivity index (χ0) is 22.6. The second-order valence-corrected chi connectivity index (χ2v) is 8.39. The number of carboxylic acids is 1. The summed E-state index contributed by atoms with van der Waals surface area (Å²) in [5, 5.41) is 8.70. The maximum absolute atomic E-state index is 11.8. The molecule has 0 saturated heterocycles. The minimum Gasteiger partial charge on any atom is -0.488 e. The van der Waals surface area contributed by atoms with Crippen molar-refractivity contribution in [2.24, 2.45) is 0 Å². The Morgan fingerprint density at radius 1 is 1.06 bits per heavy atom. The third kappa shape index (κ3) is 5.37. The number of rotatable bonds is 8. The smallest absolute Gasteiger partial charge is 0.306 e. The van der Waals surface area contributed by atoms with Crippen LogP contribution in [0.3, 0.4) is 0 Å². The lowest BCUT2D eigenvalue weighted by atomic mass is 9.87. The van der Waals surface area contributed by atoms with Crippen LogP contribution in [0.4, 0.5) is 0 Å². The molecule has 0 aromatic heterocycles. The summed E-state index contributed by atoms with van der Waals surface area (Å²) in [5.41, 5.74) is 4.73. The highest BCUT2D eigenvalue weighted by Gasteiger charge is 2.36.